The third-order valence-electron chi connectivity index (χ3n) is 8.92. The molecule has 1 unspecified atom stereocenters. The number of aryl methyl sites for hydroxylation is 1. The Labute approximate surface area is 215 Å². The van der Waals surface area contributed by atoms with E-state index in [9.17, 15) is 4.39 Å². The van der Waals surface area contributed by atoms with Crippen LogP contribution in [0.15, 0.2) is 29.8 Å². The van der Waals surface area contributed by atoms with E-state index in [4.69, 9.17) is 5.26 Å². The minimum Gasteiger partial charge on any atom is -0.206 e. The van der Waals surface area contributed by atoms with Crippen LogP contribution >= 0.6 is 0 Å². The maximum absolute atomic E-state index is 13.8. The van der Waals surface area contributed by atoms with Crippen molar-refractivity contribution in [3.05, 3.63) is 46.8 Å². The van der Waals surface area contributed by atoms with Crippen LogP contribution in [0, 0.1) is 34.9 Å². The summed E-state index contributed by atoms with van der Waals surface area (Å²) in [5.74, 6) is 2.50. The molecule has 2 aliphatic rings. The van der Waals surface area contributed by atoms with Crippen molar-refractivity contribution in [3.63, 3.8) is 0 Å². The molecule has 0 heterocycles. The van der Waals surface area contributed by atoms with Gasteiger partial charge in [0.1, 0.15) is 11.9 Å². The lowest BCUT2D eigenvalue weighted by Crippen LogP contribution is -2.16. The number of nitriles is 1. The summed E-state index contributed by atoms with van der Waals surface area (Å²) < 4.78 is 13.8. The smallest absolute Gasteiger partial charge is 0.141 e. The summed E-state index contributed by atoms with van der Waals surface area (Å²) in [6.45, 7) is 2.30. The van der Waals surface area contributed by atoms with Gasteiger partial charge >= 0.3 is 0 Å². The van der Waals surface area contributed by atoms with Crippen LogP contribution in [0.2, 0.25) is 0 Å². The van der Waals surface area contributed by atoms with Gasteiger partial charge in [-0.25, -0.2) is 4.39 Å². The van der Waals surface area contributed by atoms with Crippen molar-refractivity contribution < 1.29 is 4.39 Å². The lowest BCUT2D eigenvalue weighted by atomic mass is 9.76. The van der Waals surface area contributed by atoms with Gasteiger partial charge in [-0.15, -0.1) is 0 Å². The molecule has 0 spiro atoms. The lowest BCUT2D eigenvalue weighted by molar-refractivity contribution is 0.234. The van der Waals surface area contributed by atoms with Gasteiger partial charge in [-0.1, -0.05) is 115 Å². The number of halogens is 1. The van der Waals surface area contributed by atoms with Crippen LogP contribution in [0.1, 0.15) is 140 Å². The molecular formula is C33H50FN. The number of rotatable bonds is 15. The number of nitrogens with zero attached hydrogens (tertiary/aromatic N) is 1. The van der Waals surface area contributed by atoms with E-state index in [-0.39, 0.29) is 11.4 Å². The van der Waals surface area contributed by atoms with Gasteiger partial charge in [0.2, 0.25) is 0 Å². The van der Waals surface area contributed by atoms with E-state index < -0.39 is 0 Å². The Morgan fingerprint density at radius 3 is 2.09 bits per heavy atom. The van der Waals surface area contributed by atoms with E-state index >= 15 is 0 Å². The second-order valence-corrected chi connectivity index (χ2v) is 11.7. The van der Waals surface area contributed by atoms with Crippen molar-refractivity contribution in [1.29, 1.82) is 5.26 Å². The fraction of sp³-hybridized carbons (Fsp3) is 0.727. The van der Waals surface area contributed by atoms with E-state index in [2.05, 4.69) is 13.0 Å². The van der Waals surface area contributed by atoms with Gasteiger partial charge in [0.25, 0.3) is 0 Å². The van der Waals surface area contributed by atoms with Gasteiger partial charge in [0.15, 0.2) is 0 Å². The highest BCUT2D eigenvalue weighted by Gasteiger charge is 2.22. The molecule has 3 rings (SSSR count). The second kappa shape index (κ2) is 16.2. The maximum atomic E-state index is 13.8. The number of hydrogen-bond donors (Lipinski definition) is 0. The zero-order valence-corrected chi connectivity index (χ0v) is 22.5. The molecule has 0 aliphatic heterocycles. The molecule has 35 heavy (non-hydrogen) atoms. The van der Waals surface area contributed by atoms with Crippen LogP contribution < -0.4 is 0 Å². The fourth-order valence-electron chi connectivity index (χ4n) is 6.39. The Kier molecular flexibility index (Phi) is 12.9. The summed E-state index contributed by atoms with van der Waals surface area (Å²) in [7, 11) is 0. The summed E-state index contributed by atoms with van der Waals surface area (Å²) in [4.78, 5) is 0. The molecular weight excluding hydrogens is 429 g/mol. The standard InChI is InChI=1S/C33H50FN/c1-2-3-4-5-6-7-8-9-10-27-11-13-28(14-12-27)15-16-29-17-19-30(20-18-29)21-22-31-23-24-32(26-35)33(34)25-31/h19,23-25,27-29H,2-18,20-22H2,1H3/t27-,28-,29?. The highest BCUT2D eigenvalue weighted by molar-refractivity contribution is 5.33. The first-order valence-corrected chi connectivity index (χ1v) is 15.0. The first kappa shape index (κ1) is 28.0. The third-order valence-corrected chi connectivity index (χ3v) is 8.92. The average Bonchev–Trinajstić information content (AvgIpc) is 2.89. The molecule has 1 aromatic carbocycles. The second-order valence-electron chi connectivity index (χ2n) is 11.7. The van der Waals surface area contributed by atoms with Gasteiger partial charge in [-0.3, -0.25) is 0 Å². The molecule has 0 N–H and O–H groups in total. The minimum atomic E-state index is -0.384. The highest BCUT2D eigenvalue weighted by Crippen LogP contribution is 2.37. The average molecular weight is 480 g/mol. The monoisotopic (exact) mass is 479 g/mol. The molecule has 194 valence electrons. The Morgan fingerprint density at radius 1 is 0.800 bits per heavy atom. The van der Waals surface area contributed by atoms with E-state index in [1.807, 2.05) is 12.1 Å². The highest BCUT2D eigenvalue weighted by atomic mass is 19.1. The van der Waals surface area contributed by atoms with Crippen LogP contribution in [-0.4, -0.2) is 0 Å². The van der Waals surface area contributed by atoms with Gasteiger partial charge in [0.05, 0.1) is 5.56 Å². The summed E-state index contributed by atoms with van der Waals surface area (Å²) in [6, 6.07) is 6.95. The van der Waals surface area contributed by atoms with Gasteiger partial charge < -0.3 is 0 Å². The largest absolute Gasteiger partial charge is 0.206 e. The van der Waals surface area contributed by atoms with Crippen LogP contribution in [-0.2, 0) is 6.42 Å². The Hall–Kier alpha value is -1.62. The molecule has 0 aromatic heterocycles. The van der Waals surface area contributed by atoms with E-state index in [1.165, 1.54) is 122 Å². The van der Waals surface area contributed by atoms with Crippen molar-refractivity contribution in [2.75, 3.05) is 0 Å². The molecule has 1 fully saturated rings. The molecule has 0 radical (unpaired) electrons. The van der Waals surface area contributed by atoms with E-state index in [1.54, 1.807) is 11.6 Å². The summed E-state index contributed by atoms with van der Waals surface area (Å²) >= 11 is 0. The fourth-order valence-corrected chi connectivity index (χ4v) is 6.39. The third kappa shape index (κ3) is 10.5. The lowest BCUT2D eigenvalue weighted by Gasteiger charge is -2.30. The molecule has 0 bridgehead atoms. The van der Waals surface area contributed by atoms with Crippen LogP contribution in [0.25, 0.3) is 0 Å². The van der Waals surface area contributed by atoms with E-state index in [0.29, 0.717) is 0 Å². The van der Waals surface area contributed by atoms with E-state index in [0.717, 1.165) is 36.2 Å². The van der Waals surface area contributed by atoms with Crippen molar-refractivity contribution in [1.82, 2.24) is 0 Å². The maximum Gasteiger partial charge on any atom is 0.141 e. The van der Waals surface area contributed by atoms with Crippen LogP contribution in [0.4, 0.5) is 4.39 Å². The Bertz CT molecular complexity index is 796. The quantitative estimate of drug-likeness (QED) is 0.181. The van der Waals surface area contributed by atoms with Crippen molar-refractivity contribution in [2.45, 2.75) is 135 Å². The molecule has 2 aliphatic carbocycles. The number of hydrogen-bond acceptors (Lipinski definition) is 1. The molecule has 1 atom stereocenters. The summed E-state index contributed by atoms with van der Waals surface area (Å²) in [5.41, 5.74) is 2.69. The van der Waals surface area contributed by atoms with Gasteiger partial charge in [0, 0.05) is 0 Å². The first-order valence-electron chi connectivity index (χ1n) is 15.0. The SMILES string of the molecule is CCCCCCCCCC[C@H]1CC[C@H](CCC2CC=C(CCc3ccc(C#N)c(F)c3)CC2)CC1. The zero-order chi connectivity index (χ0) is 24.7. The van der Waals surface area contributed by atoms with Crippen LogP contribution in [0.3, 0.4) is 0 Å². The molecule has 0 amide bonds. The van der Waals surface area contributed by atoms with Gasteiger partial charge in [-0.2, -0.15) is 5.26 Å². The molecule has 1 aromatic rings. The Balaban J connectivity index is 1.22. The molecule has 1 nitrogen and oxygen atoms in total. The summed E-state index contributed by atoms with van der Waals surface area (Å²) in [6.07, 6.45) is 30.0. The molecule has 0 saturated heterocycles. The number of unbranched alkanes of at least 4 members (excludes halogenated alkanes) is 7. The van der Waals surface area contributed by atoms with Crippen molar-refractivity contribution >= 4 is 0 Å². The van der Waals surface area contributed by atoms with Crippen LogP contribution in [0.5, 0.6) is 0 Å². The zero-order valence-electron chi connectivity index (χ0n) is 22.5. The van der Waals surface area contributed by atoms with Crippen molar-refractivity contribution in [2.24, 2.45) is 17.8 Å². The predicted molar refractivity (Wildman–Crippen MR) is 147 cm³/mol. The first-order chi connectivity index (χ1) is 17.2. The minimum absolute atomic E-state index is 0.144. The van der Waals surface area contributed by atoms with Gasteiger partial charge in [-0.05, 0) is 74.0 Å². The predicted octanol–water partition coefficient (Wildman–Crippen LogP) is 10.5. The Morgan fingerprint density at radius 2 is 1.46 bits per heavy atom. The number of benzene rings is 1. The van der Waals surface area contributed by atoms with Crippen molar-refractivity contribution in [3.8, 4) is 6.07 Å². The summed E-state index contributed by atoms with van der Waals surface area (Å²) in [5, 5.41) is 8.88. The number of allylic oxidation sites excluding steroid dienone is 2. The topological polar surface area (TPSA) is 23.8 Å². The normalized spacial score (nSPS) is 22.5. The molecule has 2 heteroatoms. The molecule has 1 saturated carbocycles.